The van der Waals surface area contributed by atoms with Crippen LogP contribution >= 0.6 is 11.8 Å². The van der Waals surface area contributed by atoms with E-state index < -0.39 is 10.0 Å². The minimum absolute atomic E-state index is 0.122. The normalized spacial score (nSPS) is 15.2. The smallest absolute Gasteiger partial charge is 0.240 e. The van der Waals surface area contributed by atoms with E-state index in [1.807, 2.05) is 23.9 Å². The van der Waals surface area contributed by atoms with Crippen molar-refractivity contribution < 1.29 is 8.42 Å². The summed E-state index contributed by atoms with van der Waals surface area (Å²) in [6.45, 7) is 1.49. The van der Waals surface area contributed by atoms with Gasteiger partial charge in [0.15, 0.2) is 5.96 Å². The summed E-state index contributed by atoms with van der Waals surface area (Å²) in [5.41, 5.74) is 1.01. The Hall–Kier alpha value is -1.25. The van der Waals surface area contributed by atoms with Gasteiger partial charge < -0.3 is 10.6 Å². The number of benzene rings is 1. The highest BCUT2D eigenvalue weighted by molar-refractivity contribution is 7.98. The number of sulfonamides is 1. The molecule has 0 spiro atoms. The van der Waals surface area contributed by atoms with Gasteiger partial charge in [-0.15, -0.1) is 0 Å². The summed E-state index contributed by atoms with van der Waals surface area (Å²) < 4.78 is 27.0. The summed E-state index contributed by atoms with van der Waals surface area (Å²) >= 11 is 1.86. The predicted octanol–water partition coefficient (Wildman–Crippen LogP) is 1.94. The molecular formula is C17H28N4O2S2. The molecule has 0 aromatic heterocycles. The highest BCUT2D eigenvalue weighted by Crippen LogP contribution is 2.22. The molecule has 0 radical (unpaired) electrons. The molecule has 0 saturated heterocycles. The molecule has 1 aliphatic carbocycles. The van der Waals surface area contributed by atoms with Crippen LogP contribution in [0.4, 0.5) is 0 Å². The molecule has 1 aromatic rings. The predicted molar refractivity (Wildman–Crippen MR) is 106 cm³/mol. The van der Waals surface area contributed by atoms with E-state index in [1.54, 1.807) is 19.2 Å². The second kappa shape index (κ2) is 10.0. The molecule has 1 saturated carbocycles. The Kier molecular flexibility index (Phi) is 8.05. The Labute approximate surface area is 155 Å². The van der Waals surface area contributed by atoms with E-state index >= 15 is 0 Å². The minimum atomic E-state index is -3.38. The van der Waals surface area contributed by atoms with Crippen LogP contribution in [0, 0.1) is 0 Å². The van der Waals surface area contributed by atoms with E-state index in [4.69, 9.17) is 0 Å². The Balaban J connectivity index is 1.78. The van der Waals surface area contributed by atoms with Crippen LogP contribution < -0.4 is 15.4 Å². The summed E-state index contributed by atoms with van der Waals surface area (Å²) in [6.07, 6.45) is 6.29. The van der Waals surface area contributed by atoms with Gasteiger partial charge in [0.1, 0.15) is 0 Å². The Morgan fingerprint density at radius 3 is 2.52 bits per heavy atom. The van der Waals surface area contributed by atoms with Gasteiger partial charge in [0.05, 0.1) is 4.90 Å². The Morgan fingerprint density at radius 2 is 1.92 bits per heavy atom. The van der Waals surface area contributed by atoms with Gasteiger partial charge in [-0.05, 0) is 55.4 Å². The minimum Gasteiger partial charge on any atom is -0.356 e. The van der Waals surface area contributed by atoms with E-state index in [1.165, 1.54) is 12.2 Å². The molecule has 0 aliphatic heterocycles. The van der Waals surface area contributed by atoms with Crippen molar-refractivity contribution in [1.82, 2.24) is 15.4 Å². The number of aliphatic imine (C=N–C) groups is 1. The van der Waals surface area contributed by atoms with Crippen LogP contribution in [-0.4, -0.2) is 46.0 Å². The van der Waals surface area contributed by atoms with E-state index in [-0.39, 0.29) is 6.04 Å². The maximum absolute atomic E-state index is 12.1. The zero-order valence-electron chi connectivity index (χ0n) is 14.9. The number of nitrogens with zero attached hydrogens (tertiary/aromatic N) is 1. The number of nitrogens with one attached hydrogen (secondary N) is 3. The summed E-state index contributed by atoms with van der Waals surface area (Å²) in [5.74, 6) is 1.94. The first-order valence-electron chi connectivity index (χ1n) is 8.60. The maximum atomic E-state index is 12.1. The Morgan fingerprint density at radius 1 is 1.20 bits per heavy atom. The van der Waals surface area contributed by atoms with Gasteiger partial charge in [-0.2, -0.15) is 11.8 Å². The topological polar surface area (TPSA) is 82.6 Å². The van der Waals surface area contributed by atoms with Crippen molar-refractivity contribution in [3.63, 3.8) is 0 Å². The van der Waals surface area contributed by atoms with Gasteiger partial charge in [0, 0.05) is 26.2 Å². The summed E-state index contributed by atoms with van der Waals surface area (Å²) in [4.78, 5) is 4.52. The van der Waals surface area contributed by atoms with Crippen LogP contribution in [0.1, 0.15) is 31.2 Å². The zero-order valence-corrected chi connectivity index (χ0v) is 16.5. The highest BCUT2D eigenvalue weighted by atomic mass is 32.2. The fraction of sp³-hybridized carbons (Fsp3) is 0.588. The van der Waals surface area contributed by atoms with E-state index in [0.29, 0.717) is 11.4 Å². The molecule has 0 unspecified atom stereocenters. The fourth-order valence-corrected chi connectivity index (χ4v) is 4.06. The molecule has 2 rings (SSSR count). The lowest BCUT2D eigenvalue weighted by Crippen LogP contribution is -2.37. The standard InChI is InChI=1S/C17H28N4O2S2/c1-18-17(19-11-3-4-12-24-2)20-13-14-5-9-16(10-6-14)25(22,23)21-15-7-8-15/h5-6,9-10,15,21H,3-4,7-8,11-13H2,1-2H3,(H2,18,19,20). The molecule has 8 heteroatoms. The van der Waals surface area contributed by atoms with Crippen molar-refractivity contribution in [3.05, 3.63) is 29.8 Å². The first-order chi connectivity index (χ1) is 12.0. The average molecular weight is 385 g/mol. The molecule has 1 aliphatic rings. The van der Waals surface area contributed by atoms with Crippen molar-refractivity contribution >= 4 is 27.7 Å². The third-order valence-corrected chi connectivity index (χ3v) is 6.12. The molecular weight excluding hydrogens is 356 g/mol. The van der Waals surface area contributed by atoms with Crippen molar-refractivity contribution in [1.29, 1.82) is 0 Å². The quantitative estimate of drug-likeness (QED) is 0.326. The monoisotopic (exact) mass is 384 g/mol. The number of guanidine groups is 1. The van der Waals surface area contributed by atoms with Crippen molar-refractivity contribution in [2.24, 2.45) is 4.99 Å². The van der Waals surface area contributed by atoms with Crippen molar-refractivity contribution in [3.8, 4) is 0 Å². The van der Waals surface area contributed by atoms with Gasteiger partial charge in [0.25, 0.3) is 0 Å². The summed E-state index contributed by atoms with van der Waals surface area (Å²) in [5, 5.41) is 6.53. The first kappa shape index (κ1) is 20.1. The molecule has 6 nitrogen and oxygen atoms in total. The third-order valence-electron chi connectivity index (χ3n) is 3.88. The molecule has 1 fully saturated rings. The van der Waals surface area contributed by atoms with Crippen LogP contribution in [0.3, 0.4) is 0 Å². The van der Waals surface area contributed by atoms with E-state index in [9.17, 15) is 8.42 Å². The molecule has 140 valence electrons. The van der Waals surface area contributed by atoms with Crippen molar-refractivity contribution in [2.45, 2.75) is 43.2 Å². The van der Waals surface area contributed by atoms with Gasteiger partial charge in [-0.1, -0.05) is 12.1 Å². The van der Waals surface area contributed by atoms with Gasteiger partial charge in [0.2, 0.25) is 10.0 Å². The third kappa shape index (κ3) is 7.25. The number of hydrogen-bond donors (Lipinski definition) is 3. The fourth-order valence-electron chi connectivity index (χ4n) is 2.26. The lowest BCUT2D eigenvalue weighted by molar-refractivity contribution is 0.581. The molecule has 0 bridgehead atoms. The second-order valence-electron chi connectivity index (χ2n) is 6.09. The number of thioether (sulfide) groups is 1. The summed E-state index contributed by atoms with van der Waals surface area (Å²) in [7, 11) is -1.63. The Bertz CT molecular complexity index is 656. The molecule has 25 heavy (non-hydrogen) atoms. The first-order valence-corrected chi connectivity index (χ1v) is 11.5. The van der Waals surface area contributed by atoms with Gasteiger partial charge in [-0.25, -0.2) is 13.1 Å². The molecule has 0 atom stereocenters. The van der Waals surface area contributed by atoms with Gasteiger partial charge in [-0.3, -0.25) is 4.99 Å². The largest absolute Gasteiger partial charge is 0.356 e. The second-order valence-corrected chi connectivity index (χ2v) is 8.79. The van der Waals surface area contributed by atoms with E-state index in [2.05, 4.69) is 26.6 Å². The zero-order chi connectivity index (χ0) is 18.1. The maximum Gasteiger partial charge on any atom is 0.240 e. The lowest BCUT2D eigenvalue weighted by atomic mass is 10.2. The van der Waals surface area contributed by atoms with Crippen LogP contribution in [-0.2, 0) is 16.6 Å². The molecule has 3 N–H and O–H groups in total. The lowest BCUT2D eigenvalue weighted by Gasteiger charge is -2.12. The summed E-state index contributed by atoms with van der Waals surface area (Å²) in [6, 6.07) is 7.10. The average Bonchev–Trinajstić information content (AvgIpc) is 3.41. The van der Waals surface area contributed by atoms with Crippen LogP contribution in [0.2, 0.25) is 0 Å². The molecule has 1 aromatic carbocycles. The van der Waals surface area contributed by atoms with Gasteiger partial charge >= 0.3 is 0 Å². The van der Waals surface area contributed by atoms with Crippen LogP contribution in [0.5, 0.6) is 0 Å². The van der Waals surface area contributed by atoms with Crippen molar-refractivity contribution in [2.75, 3.05) is 25.6 Å². The van der Waals surface area contributed by atoms with E-state index in [0.717, 1.165) is 37.3 Å². The van der Waals surface area contributed by atoms with Crippen LogP contribution in [0.25, 0.3) is 0 Å². The molecule has 0 amide bonds. The number of hydrogen-bond acceptors (Lipinski definition) is 4. The van der Waals surface area contributed by atoms with Crippen LogP contribution in [0.15, 0.2) is 34.2 Å². The molecule has 0 heterocycles. The number of rotatable bonds is 10. The SMILES string of the molecule is CN=C(NCCCCSC)NCc1ccc(S(=O)(=O)NC2CC2)cc1. The number of unbranched alkanes of at least 4 members (excludes halogenated alkanes) is 1. The highest BCUT2D eigenvalue weighted by Gasteiger charge is 2.27.